The highest BCUT2D eigenvalue weighted by Crippen LogP contribution is 2.09. The van der Waals surface area contributed by atoms with Crippen molar-refractivity contribution in [1.29, 1.82) is 0 Å². The van der Waals surface area contributed by atoms with Crippen LogP contribution in [0.2, 0.25) is 0 Å². The van der Waals surface area contributed by atoms with E-state index in [1.54, 1.807) is 0 Å². The predicted molar refractivity (Wildman–Crippen MR) is 51.9 cm³/mol. The first-order valence-corrected chi connectivity index (χ1v) is 3.57. The van der Waals surface area contributed by atoms with Crippen LogP contribution in [0.1, 0.15) is 18.6 Å². The van der Waals surface area contributed by atoms with Crippen LogP contribution in [-0.4, -0.2) is 5.11 Å². The highest BCUT2D eigenvalue weighted by molar-refractivity contribution is 5.26. The molecule has 1 rings (SSSR count). The van der Waals surface area contributed by atoms with Gasteiger partial charge < -0.3 is 5.11 Å². The van der Waals surface area contributed by atoms with Crippen molar-refractivity contribution in [1.82, 2.24) is 0 Å². The molecule has 0 aromatic heterocycles. The number of hydrogen-bond acceptors (Lipinski definition) is 2. The summed E-state index contributed by atoms with van der Waals surface area (Å²) in [5.74, 6) is 0. The van der Waals surface area contributed by atoms with Crippen molar-refractivity contribution in [2.75, 3.05) is 0 Å². The summed E-state index contributed by atoms with van der Waals surface area (Å²) in [7, 11) is 0. The topological polar surface area (TPSA) is 69.0 Å². The van der Waals surface area contributed by atoms with Crippen molar-refractivity contribution in [3.63, 3.8) is 0 Å². The molecule has 13 heavy (non-hydrogen) atoms. The second kappa shape index (κ2) is 6.06. The maximum Gasteiger partial charge on any atom is 0.0684 e. The van der Waals surface area contributed by atoms with E-state index in [0.29, 0.717) is 6.54 Å². The van der Waals surface area contributed by atoms with Gasteiger partial charge in [-0.3, -0.25) is 0 Å². The molecule has 0 saturated heterocycles. The Balaban J connectivity index is 0.00000144. The standard InChI is InChI=1S/C8H9N3O.CH4/c9-11-10-5-7-3-1-2-4-8(7)6-12;/h1-4,12H,5-6H2;1H4. The summed E-state index contributed by atoms with van der Waals surface area (Å²) in [6.45, 7) is 0.282. The Kier molecular flexibility index (Phi) is 5.35. The first-order valence-electron chi connectivity index (χ1n) is 3.57. The van der Waals surface area contributed by atoms with Crippen molar-refractivity contribution in [3.8, 4) is 0 Å². The summed E-state index contributed by atoms with van der Waals surface area (Å²) >= 11 is 0. The van der Waals surface area contributed by atoms with E-state index in [1.807, 2.05) is 24.3 Å². The summed E-state index contributed by atoms with van der Waals surface area (Å²) in [4.78, 5) is 2.65. The first kappa shape index (κ1) is 11.5. The zero-order valence-corrected chi connectivity index (χ0v) is 6.51. The number of aliphatic hydroxyl groups is 1. The molecule has 0 spiro atoms. The van der Waals surface area contributed by atoms with Gasteiger partial charge in [-0.25, -0.2) is 0 Å². The van der Waals surface area contributed by atoms with Crippen LogP contribution >= 0.6 is 0 Å². The smallest absolute Gasteiger partial charge is 0.0684 e. The number of aliphatic hydroxyl groups excluding tert-OH is 1. The molecule has 0 radical (unpaired) electrons. The summed E-state index contributed by atoms with van der Waals surface area (Å²) < 4.78 is 0. The van der Waals surface area contributed by atoms with Crippen LogP contribution < -0.4 is 0 Å². The molecular formula is C9H13N3O. The van der Waals surface area contributed by atoms with Crippen LogP contribution in [0.25, 0.3) is 10.4 Å². The van der Waals surface area contributed by atoms with E-state index in [4.69, 9.17) is 10.6 Å². The highest BCUT2D eigenvalue weighted by atomic mass is 16.3. The third kappa shape index (κ3) is 3.15. The molecule has 0 aliphatic heterocycles. The van der Waals surface area contributed by atoms with Crippen LogP contribution in [0.4, 0.5) is 0 Å². The van der Waals surface area contributed by atoms with Crippen LogP contribution in [0.3, 0.4) is 0 Å². The Morgan fingerprint density at radius 1 is 1.31 bits per heavy atom. The van der Waals surface area contributed by atoms with Crippen molar-refractivity contribution in [2.24, 2.45) is 5.11 Å². The van der Waals surface area contributed by atoms with Gasteiger partial charge in [0.1, 0.15) is 0 Å². The molecule has 70 valence electrons. The van der Waals surface area contributed by atoms with E-state index < -0.39 is 0 Å². The Labute approximate surface area is 77.5 Å². The number of benzene rings is 1. The fourth-order valence-corrected chi connectivity index (χ4v) is 0.974. The lowest BCUT2D eigenvalue weighted by Crippen LogP contribution is -1.90. The molecule has 0 heterocycles. The third-order valence-corrected chi connectivity index (χ3v) is 1.59. The van der Waals surface area contributed by atoms with Gasteiger partial charge >= 0.3 is 0 Å². The van der Waals surface area contributed by atoms with Gasteiger partial charge in [0.05, 0.1) is 13.2 Å². The Morgan fingerprint density at radius 3 is 2.46 bits per heavy atom. The summed E-state index contributed by atoms with van der Waals surface area (Å²) in [5.41, 5.74) is 9.77. The lowest BCUT2D eigenvalue weighted by molar-refractivity contribution is 0.280. The van der Waals surface area contributed by atoms with Crippen molar-refractivity contribution in [2.45, 2.75) is 20.6 Å². The summed E-state index contributed by atoms with van der Waals surface area (Å²) in [6.07, 6.45) is 0. The lowest BCUT2D eigenvalue weighted by atomic mass is 10.1. The zero-order chi connectivity index (χ0) is 8.81. The number of hydrogen-bond donors (Lipinski definition) is 1. The molecule has 4 nitrogen and oxygen atoms in total. The Bertz CT molecular complexity index is 305. The number of nitrogens with zero attached hydrogens (tertiary/aromatic N) is 3. The minimum Gasteiger partial charge on any atom is -0.392 e. The second-order valence-corrected chi connectivity index (χ2v) is 2.32. The quantitative estimate of drug-likeness (QED) is 0.432. The molecule has 0 aliphatic rings. The average Bonchev–Trinajstić information content (AvgIpc) is 2.15. The van der Waals surface area contributed by atoms with Crippen LogP contribution in [0.15, 0.2) is 29.4 Å². The minimum atomic E-state index is -0.0167. The van der Waals surface area contributed by atoms with Gasteiger partial charge in [0.2, 0.25) is 0 Å². The first-order chi connectivity index (χ1) is 5.88. The largest absolute Gasteiger partial charge is 0.392 e. The molecule has 0 unspecified atom stereocenters. The monoisotopic (exact) mass is 179 g/mol. The van der Waals surface area contributed by atoms with Crippen molar-refractivity contribution < 1.29 is 5.11 Å². The van der Waals surface area contributed by atoms with E-state index in [9.17, 15) is 0 Å². The number of rotatable bonds is 3. The van der Waals surface area contributed by atoms with E-state index >= 15 is 0 Å². The second-order valence-electron chi connectivity index (χ2n) is 2.32. The van der Waals surface area contributed by atoms with Crippen LogP contribution in [0, 0.1) is 0 Å². The molecular weight excluding hydrogens is 166 g/mol. The molecule has 0 saturated carbocycles. The third-order valence-electron chi connectivity index (χ3n) is 1.59. The molecule has 1 aromatic carbocycles. The normalized spacial score (nSPS) is 8.38. The number of azide groups is 1. The maximum absolute atomic E-state index is 8.88. The molecule has 0 aliphatic carbocycles. The molecule has 1 N–H and O–H groups in total. The van der Waals surface area contributed by atoms with Crippen LogP contribution in [-0.2, 0) is 13.2 Å². The summed E-state index contributed by atoms with van der Waals surface area (Å²) in [6, 6.07) is 7.33. The van der Waals surface area contributed by atoms with Gasteiger partial charge in [-0.05, 0) is 16.7 Å². The molecule has 1 aromatic rings. The fraction of sp³-hybridized carbons (Fsp3) is 0.333. The maximum atomic E-state index is 8.88. The SMILES string of the molecule is C.[N-]=[N+]=NCc1ccccc1CO. The van der Waals surface area contributed by atoms with Gasteiger partial charge in [0, 0.05) is 4.91 Å². The van der Waals surface area contributed by atoms with Gasteiger partial charge in [-0.2, -0.15) is 0 Å². The molecule has 0 fully saturated rings. The van der Waals surface area contributed by atoms with Gasteiger partial charge in [-0.15, -0.1) is 0 Å². The molecule has 0 atom stereocenters. The molecule has 0 bridgehead atoms. The Hall–Kier alpha value is -1.51. The molecule has 4 heteroatoms. The van der Waals surface area contributed by atoms with Gasteiger partial charge in [0.25, 0.3) is 0 Å². The van der Waals surface area contributed by atoms with Crippen molar-refractivity contribution in [3.05, 3.63) is 45.8 Å². The fourth-order valence-electron chi connectivity index (χ4n) is 0.974. The Morgan fingerprint density at radius 2 is 1.92 bits per heavy atom. The van der Waals surface area contributed by atoms with Gasteiger partial charge in [0.15, 0.2) is 0 Å². The predicted octanol–water partition coefficient (Wildman–Crippen LogP) is 2.63. The van der Waals surface area contributed by atoms with Crippen LogP contribution in [0.5, 0.6) is 0 Å². The van der Waals surface area contributed by atoms with Crippen molar-refractivity contribution >= 4 is 0 Å². The molecule has 0 amide bonds. The zero-order valence-electron chi connectivity index (χ0n) is 6.51. The lowest BCUT2D eigenvalue weighted by Gasteiger charge is -2.01. The van der Waals surface area contributed by atoms with E-state index in [0.717, 1.165) is 11.1 Å². The van der Waals surface area contributed by atoms with E-state index in [-0.39, 0.29) is 14.0 Å². The average molecular weight is 179 g/mol. The summed E-state index contributed by atoms with van der Waals surface area (Å²) in [5, 5.41) is 12.3. The van der Waals surface area contributed by atoms with E-state index in [2.05, 4.69) is 10.0 Å². The van der Waals surface area contributed by atoms with Gasteiger partial charge in [-0.1, -0.05) is 36.8 Å². The highest BCUT2D eigenvalue weighted by Gasteiger charge is 1.97. The van der Waals surface area contributed by atoms with E-state index in [1.165, 1.54) is 0 Å². The minimum absolute atomic E-state index is 0.